The molecule has 0 saturated carbocycles. The van der Waals surface area contributed by atoms with Gasteiger partial charge in [-0.3, -0.25) is 10.1 Å². The topological polar surface area (TPSA) is 58.7 Å². The van der Waals surface area contributed by atoms with Gasteiger partial charge in [0, 0.05) is 19.2 Å². The quantitative estimate of drug-likeness (QED) is 0.575. The van der Waals surface area contributed by atoms with E-state index in [9.17, 15) is 23.3 Å². The van der Waals surface area contributed by atoms with E-state index in [4.69, 9.17) is 0 Å². The standard InChI is InChI=1S/C10H8F3N3O2/c1-15-5-9(10(11,12)13)14-7-3-2-6(16(17)18)4-8(7)15/h2-4H,5H2,1H3. The van der Waals surface area contributed by atoms with Crippen molar-refractivity contribution in [3.8, 4) is 0 Å². The van der Waals surface area contributed by atoms with Crippen LogP contribution in [-0.2, 0) is 0 Å². The number of hydrogen-bond acceptors (Lipinski definition) is 4. The second-order valence-corrected chi connectivity index (χ2v) is 3.84. The second-order valence-electron chi connectivity index (χ2n) is 3.84. The second kappa shape index (κ2) is 3.97. The van der Waals surface area contributed by atoms with Crippen molar-refractivity contribution < 1.29 is 18.1 Å². The summed E-state index contributed by atoms with van der Waals surface area (Å²) in [6.45, 7) is -0.419. The van der Waals surface area contributed by atoms with E-state index in [0.29, 0.717) is 5.69 Å². The molecule has 0 saturated heterocycles. The average Bonchev–Trinajstić information content (AvgIpc) is 2.27. The molecule has 2 rings (SSSR count). The van der Waals surface area contributed by atoms with Crippen molar-refractivity contribution in [2.75, 3.05) is 18.5 Å². The van der Waals surface area contributed by atoms with Crippen LogP contribution in [0.1, 0.15) is 0 Å². The van der Waals surface area contributed by atoms with Crippen molar-refractivity contribution in [3.05, 3.63) is 28.3 Å². The van der Waals surface area contributed by atoms with Crippen LogP contribution < -0.4 is 4.90 Å². The molecular weight excluding hydrogens is 251 g/mol. The summed E-state index contributed by atoms with van der Waals surface area (Å²) < 4.78 is 37.7. The van der Waals surface area contributed by atoms with Gasteiger partial charge >= 0.3 is 6.18 Å². The number of hydrogen-bond donors (Lipinski definition) is 0. The Morgan fingerprint density at radius 2 is 2.11 bits per heavy atom. The van der Waals surface area contributed by atoms with Gasteiger partial charge in [-0.2, -0.15) is 13.2 Å². The lowest BCUT2D eigenvalue weighted by molar-refractivity contribution is -0.384. The predicted molar refractivity (Wildman–Crippen MR) is 59.5 cm³/mol. The van der Waals surface area contributed by atoms with E-state index in [1.165, 1.54) is 24.1 Å². The largest absolute Gasteiger partial charge is 0.431 e. The maximum Gasteiger partial charge on any atom is 0.431 e. The van der Waals surface area contributed by atoms with Crippen LogP contribution in [0, 0.1) is 10.1 Å². The van der Waals surface area contributed by atoms with E-state index in [1.54, 1.807) is 0 Å². The van der Waals surface area contributed by atoms with E-state index in [0.717, 1.165) is 6.07 Å². The molecule has 0 bridgehead atoms. The first-order valence-corrected chi connectivity index (χ1v) is 4.93. The van der Waals surface area contributed by atoms with Gasteiger partial charge in [-0.05, 0) is 6.07 Å². The fourth-order valence-corrected chi connectivity index (χ4v) is 1.67. The summed E-state index contributed by atoms with van der Waals surface area (Å²) >= 11 is 0. The lowest BCUT2D eigenvalue weighted by Crippen LogP contribution is -2.37. The number of nitrogens with zero attached hydrogens (tertiary/aromatic N) is 3. The van der Waals surface area contributed by atoms with Crippen molar-refractivity contribution >= 4 is 22.8 Å². The number of alkyl halides is 3. The fraction of sp³-hybridized carbons (Fsp3) is 0.300. The molecule has 0 fully saturated rings. The Labute approximate surface area is 99.7 Å². The molecule has 8 heteroatoms. The molecule has 0 aromatic heterocycles. The van der Waals surface area contributed by atoms with Gasteiger partial charge in [0.2, 0.25) is 0 Å². The highest BCUT2D eigenvalue weighted by atomic mass is 19.4. The first-order chi connectivity index (χ1) is 8.29. The number of nitro benzene ring substituents is 1. The average molecular weight is 259 g/mol. The molecular formula is C10H8F3N3O2. The van der Waals surface area contributed by atoms with E-state index in [2.05, 4.69) is 4.99 Å². The molecule has 0 unspecified atom stereocenters. The van der Waals surface area contributed by atoms with Gasteiger partial charge in [0.05, 0.1) is 22.8 Å². The first-order valence-electron chi connectivity index (χ1n) is 4.93. The third-order valence-corrected chi connectivity index (χ3v) is 2.55. The number of benzene rings is 1. The Hall–Kier alpha value is -2.12. The van der Waals surface area contributed by atoms with Crippen molar-refractivity contribution in [2.45, 2.75) is 6.18 Å². The van der Waals surface area contributed by atoms with Crippen molar-refractivity contribution in [1.82, 2.24) is 0 Å². The maximum absolute atomic E-state index is 12.6. The molecule has 0 atom stereocenters. The molecule has 1 aromatic carbocycles. The molecule has 0 spiro atoms. The summed E-state index contributed by atoms with van der Waals surface area (Å²) in [6, 6.07) is 3.57. The van der Waals surface area contributed by atoms with E-state index in [1.807, 2.05) is 0 Å². The Kier molecular flexibility index (Phi) is 2.72. The van der Waals surface area contributed by atoms with E-state index in [-0.39, 0.29) is 11.4 Å². The van der Waals surface area contributed by atoms with E-state index >= 15 is 0 Å². The number of non-ortho nitro benzene ring substituents is 1. The molecule has 0 aliphatic carbocycles. The lowest BCUT2D eigenvalue weighted by atomic mass is 10.1. The normalized spacial score (nSPS) is 15.1. The van der Waals surface area contributed by atoms with Gasteiger partial charge in [0.1, 0.15) is 5.71 Å². The van der Waals surface area contributed by atoms with Crippen LogP contribution in [0.4, 0.5) is 30.2 Å². The number of rotatable bonds is 1. The third-order valence-electron chi connectivity index (χ3n) is 2.55. The molecule has 5 nitrogen and oxygen atoms in total. The molecule has 18 heavy (non-hydrogen) atoms. The number of anilines is 1. The van der Waals surface area contributed by atoms with Crippen LogP contribution in [-0.4, -0.2) is 30.4 Å². The lowest BCUT2D eigenvalue weighted by Gasteiger charge is -2.27. The van der Waals surface area contributed by atoms with E-state index < -0.39 is 23.4 Å². The van der Waals surface area contributed by atoms with Crippen molar-refractivity contribution in [2.24, 2.45) is 4.99 Å². The number of nitro groups is 1. The zero-order valence-corrected chi connectivity index (χ0v) is 9.23. The zero-order chi connectivity index (χ0) is 13.5. The molecule has 1 aromatic rings. The minimum atomic E-state index is -4.49. The summed E-state index contributed by atoms with van der Waals surface area (Å²) in [7, 11) is 1.43. The third kappa shape index (κ3) is 2.13. The van der Waals surface area contributed by atoms with Gasteiger partial charge in [-0.15, -0.1) is 0 Å². The Bertz CT molecular complexity index is 540. The van der Waals surface area contributed by atoms with Gasteiger partial charge in [-0.25, -0.2) is 4.99 Å². The zero-order valence-electron chi connectivity index (χ0n) is 9.23. The van der Waals surface area contributed by atoms with Crippen LogP contribution in [0.3, 0.4) is 0 Å². The molecule has 1 aliphatic rings. The number of fused-ring (bicyclic) bond motifs is 1. The summed E-state index contributed by atoms with van der Waals surface area (Å²) in [5, 5.41) is 10.6. The van der Waals surface area contributed by atoms with Crippen LogP contribution >= 0.6 is 0 Å². The van der Waals surface area contributed by atoms with Crippen molar-refractivity contribution in [1.29, 1.82) is 0 Å². The molecule has 0 radical (unpaired) electrons. The monoisotopic (exact) mass is 259 g/mol. The van der Waals surface area contributed by atoms with Gasteiger partial charge in [0.15, 0.2) is 0 Å². The highest BCUT2D eigenvalue weighted by Crippen LogP contribution is 2.36. The molecule has 96 valence electrons. The van der Waals surface area contributed by atoms with Gasteiger partial charge in [0.25, 0.3) is 5.69 Å². The fourth-order valence-electron chi connectivity index (χ4n) is 1.67. The highest BCUT2D eigenvalue weighted by Gasteiger charge is 2.38. The molecule has 1 heterocycles. The molecule has 0 N–H and O–H groups in total. The van der Waals surface area contributed by atoms with Crippen LogP contribution in [0.5, 0.6) is 0 Å². The maximum atomic E-state index is 12.6. The van der Waals surface area contributed by atoms with Crippen LogP contribution in [0.15, 0.2) is 23.2 Å². The minimum absolute atomic E-state index is 0.0849. The minimum Gasteiger partial charge on any atom is -0.367 e. The summed E-state index contributed by atoms with van der Waals surface area (Å²) in [4.78, 5) is 14.8. The number of halogens is 3. The smallest absolute Gasteiger partial charge is 0.367 e. The Balaban J connectivity index is 2.50. The predicted octanol–water partition coefficient (Wildman–Crippen LogP) is 2.68. The SMILES string of the molecule is CN1CC(C(F)(F)F)=Nc2ccc([N+](=O)[O-])cc21. The first kappa shape index (κ1) is 12.3. The summed E-state index contributed by atoms with van der Waals surface area (Å²) in [6.07, 6.45) is -4.49. The molecule has 1 aliphatic heterocycles. The Morgan fingerprint density at radius 3 is 2.67 bits per heavy atom. The van der Waals surface area contributed by atoms with Gasteiger partial charge < -0.3 is 4.90 Å². The Morgan fingerprint density at radius 1 is 1.44 bits per heavy atom. The summed E-state index contributed by atoms with van der Waals surface area (Å²) in [5.74, 6) is 0. The van der Waals surface area contributed by atoms with Crippen LogP contribution in [0.25, 0.3) is 0 Å². The van der Waals surface area contributed by atoms with Crippen LogP contribution in [0.2, 0.25) is 0 Å². The summed E-state index contributed by atoms with van der Waals surface area (Å²) in [5.41, 5.74) is -0.684. The van der Waals surface area contributed by atoms with Gasteiger partial charge in [-0.1, -0.05) is 0 Å². The molecule has 0 amide bonds. The number of aliphatic imine (C=N–C) groups is 1. The van der Waals surface area contributed by atoms with Crippen molar-refractivity contribution in [3.63, 3.8) is 0 Å². The highest BCUT2D eigenvalue weighted by molar-refractivity contribution is 5.99.